The Labute approximate surface area is 119 Å². The van der Waals surface area contributed by atoms with Crippen LogP contribution in [0.5, 0.6) is 0 Å². The van der Waals surface area contributed by atoms with Gasteiger partial charge in [-0.25, -0.2) is 0 Å². The van der Waals surface area contributed by atoms with Crippen LogP contribution in [0.25, 0.3) is 0 Å². The number of hydrogen-bond donors (Lipinski definition) is 1. The molecule has 106 valence electrons. The van der Waals surface area contributed by atoms with E-state index in [1.165, 1.54) is 0 Å². The van der Waals surface area contributed by atoms with E-state index < -0.39 is 23.1 Å². The van der Waals surface area contributed by atoms with Crippen LogP contribution >= 0.6 is 11.6 Å². The minimum absolute atomic E-state index is 0.433. The van der Waals surface area contributed by atoms with Crippen LogP contribution in [0.4, 0.5) is 0 Å². The van der Waals surface area contributed by atoms with Gasteiger partial charge in [-0.3, -0.25) is 4.79 Å². The second-order valence-corrected chi connectivity index (χ2v) is 6.29. The lowest BCUT2D eigenvalue weighted by Crippen LogP contribution is -2.39. The number of carbonyl (C=O) groups excluding carboxylic acids is 1. The Bertz CT molecular complexity index is 461. The maximum Gasteiger partial charge on any atom is 0.312 e. The quantitative estimate of drug-likeness (QED) is 0.864. The largest absolute Gasteiger partial charge is 0.460 e. The van der Waals surface area contributed by atoms with Crippen LogP contribution < -0.4 is 0 Å². The summed E-state index contributed by atoms with van der Waals surface area (Å²) in [5.74, 6) is -1.16. The lowest BCUT2D eigenvalue weighted by atomic mass is 9.84. The molecule has 1 aromatic carbocycles. The molecule has 1 rings (SSSR count). The molecule has 0 aliphatic carbocycles. The Balaban J connectivity index is 3.00. The fraction of sp³-hybridized carbons (Fsp3) is 0.533. The molecule has 0 aliphatic rings. The fourth-order valence-corrected chi connectivity index (χ4v) is 2.05. The Morgan fingerprint density at radius 2 is 1.79 bits per heavy atom. The molecule has 0 amide bonds. The molecule has 0 aliphatic heterocycles. The number of hydrogen-bond acceptors (Lipinski definition) is 3. The van der Waals surface area contributed by atoms with Crippen LogP contribution in [0.2, 0.25) is 5.02 Å². The summed E-state index contributed by atoms with van der Waals surface area (Å²) in [5, 5.41) is 11.1. The Kier molecular flexibility index (Phi) is 4.64. The smallest absolute Gasteiger partial charge is 0.312 e. The zero-order valence-corrected chi connectivity index (χ0v) is 12.8. The van der Waals surface area contributed by atoms with Gasteiger partial charge in [-0.15, -0.1) is 0 Å². The van der Waals surface area contributed by atoms with Gasteiger partial charge in [-0.05, 0) is 40.7 Å². The first kappa shape index (κ1) is 16.0. The van der Waals surface area contributed by atoms with Gasteiger partial charge in [0.25, 0.3) is 0 Å². The first-order valence-corrected chi connectivity index (χ1v) is 6.63. The minimum Gasteiger partial charge on any atom is -0.460 e. The van der Waals surface area contributed by atoms with Crippen molar-refractivity contribution in [1.82, 2.24) is 0 Å². The summed E-state index contributed by atoms with van der Waals surface area (Å²) in [6.07, 6.45) is 0. The molecule has 19 heavy (non-hydrogen) atoms. The number of benzene rings is 1. The molecule has 0 saturated carbocycles. The summed E-state index contributed by atoms with van der Waals surface area (Å²) in [6.45, 7) is 8.59. The number of carbonyl (C=O) groups is 1. The molecule has 0 fully saturated rings. The highest BCUT2D eigenvalue weighted by molar-refractivity contribution is 6.31. The highest BCUT2D eigenvalue weighted by atomic mass is 35.5. The van der Waals surface area contributed by atoms with Crippen molar-refractivity contribution in [2.75, 3.05) is 0 Å². The van der Waals surface area contributed by atoms with Gasteiger partial charge in [0.2, 0.25) is 0 Å². The highest BCUT2D eigenvalue weighted by Gasteiger charge is 2.39. The molecule has 1 N–H and O–H groups in total. The topological polar surface area (TPSA) is 46.5 Å². The molecule has 0 radical (unpaired) electrons. The maximum atomic E-state index is 12.1. The van der Waals surface area contributed by atoms with E-state index in [4.69, 9.17) is 16.3 Å². The molecular weight excluding hydrogens is 264 g/mol. The Morgan fingerprint density at radius 1 is 1.26 bits per heavy atom. The molecule has 2 atom stereocenters. The molecule has 0 saturated heterocycles. The van der Waals surface area contributed by atoms with Gasteiger partial charge in [0, 0.05) is 10.6 Å². The van der Waals surface area contributed by atoms with E-state index in [2.05, 4.69) is 0 Å². The van der Waals surface area contributed by atoms with E-state index in [0.29, 0.717) is 10.6 Å². The molecule has 0 spiro atoms. The van der Waals surface area contributed by atoms with Crippen LogP contribution in [0.15, 0.2) is 24.3 Å². The van der Waals surface area contributed by atoms with Gasteiger partial charge in [0.1, 0.15) is 11.2 Å². The third kappa shape index (κ3) is 3.95. The van der Waals surface area contributed by atoms with Crippen LogP contribution in [0.3, 0.4) is 0 Å². The first-order valence-electron chi connectivity index (χ1n) is 6.26. The molecule has 1 aromatic rings. The van der Waals surface area contributed by atoms with E-state index >= 15 is 0 Å². The standard InChI is InChI=1S/C15H21ClO3/c1-10(13(17)19-14(2,3)4)15(5,18)11-8-6-7-9-12(11)16/h6-10,18H,1-5H3. The predicted molar refractivity (Wildman–Crippen MR) is 76.0 cm³/mol. The van der Waals surface area contributed by atoms with Crippen molar-refractivity contribution < 1.29 is 14.6 Å². The van der Waals surface area contributed by atoms with Gasteiger partial charge >= 0.3 is 5.97 Å². The Morgan fingerprint density at radius 3 is 2.26 bits per heavy atom. The first-order chi connectivity index (χ1) is 8.55. The molecule has 4 heteroatoms. The van der Waals surface area contributed by atoms with Crippen molar-refractivity contribution in [3.63, 3.8) is 0 Å². The summed E-state index contributed by atoms with van der Waals surface area (Å²) < 4.78 is 5.31. The minimum atomic E-state index is -1.37. The number of esters is 1. The van der Waals surface area contributed by atoms with Crippen molar-refractivity contribution in [2.45, 2.75) is 45.8 Å². The van der Waals surface area contributed by atoms with Crippen LogP contribution in [0, 0.1) is 5.92 Å². The van der Waals surface area contributed by atoms with Gasteiger partial charge < -0.3 is 9.84 Å². The average molecular weight is 285 g/mol. The normalized spacial score (nSPS) is 16.6. The number of ether oxygens (including phenoxy) is 1. The van der Waals surface area contributed by atoms with E-state index in [-0.39, 0.29) is 0 Å². The van der Waals surface area contributed by atoms with Crippen molar-refractivity contribution >= 4 is 17.6 Å². The summed E-state index contributed by atoms with van der Waals surface area (Å²) in [6, 6.07) is 6.95. The number of halogens is 1. The lowest BCUT2D eigenvalue weighted by molar-refractivity contribution is -0.168. The van der Waals surface area contributed by atoms with Crippen molar-refractivity contribution in [1.29, 1.82) is 0 Å². The number of rotatable bonds is 3. The van der Waals surface area contributed by atoms with E-state index in [9.17, 15) is 9.90 Å². The van der Waals surface area contributed by atoms with Crippen molar-refractivity contribution in [3.05, 3.63) is 34.9 Å². The molecule has 0 bridgehead atoms. The molecule has 0 aromatic heterocycles. The molecule has 2 unspecified atom stereocenters. The number of aliphatic hydroxyl groups is 1. The predicted octanol–water partition coefficient (Wildman–Crippen LogP) is 3.53. The Hall–Kier alpha value is -1.06. The monoisotopic (exact) mass is 284 g/mol. The SMILES string of the molecule is CC(C(=O)OC(C)(C)C)C(C)(O)c1ccccc1Cl. The van der Waals surface area contributed by atoms with Gasteiger partial charge in [-0.1, -0.05) is 29.8 Å². The summed E-state index contributed by atoms with van der Waals surface area (Å²) in [5.41, 5.74) is -1.43. The molecule has 0 heterocycles. The molecule has 3 nitrogen and oxygen atoms in total. The van der Waals surface area contributed by atoms with Crippen LogP contribution in [0.1, 0.15) is 40.2 Å². The zero-order chi connectivity index (χ0) is 14.8. The third-order valence-corrected chi connectivity index (χ3v) is 3.35. The van der Waals surface area contributed by atoms with Crippen molar-refractivity contribution in [3.8, 4) is 0 Å². The van der Waals surface area contributed by atoms with Gasteiger partial charge in [-0.2, -0.15) is 0 Å². The van der Waals surface area contributed by atoms with E-state index in [1.807, 2.05) is 0 Å². The van der Waals surface area contributed by atoms with Gasteiger partial charge in [0.15, 0.2) is 0 Å². The van der Waals surface area contributed by atoms with E-state index in [0.717, 1.165) is 0 Å². The van der Waals surface area contributed by atoms with E-state index in [1.54, 1.807) is 58.9 Å². The molecular formula is C15H21ClO3. The van der Waals surface area contributed by atoms with Gasteiger partial charge in [0.05, 0.1) is 5.92 Å². The third-order valence-electron chi connectivity index (χ3n) is 3.02. The zero-order valence-electron chi connectivity index (χ0n) is 12.0. The summed E-state index contributed by atoms with van der Waals surface area (Å²) in [4.78, 5) is 12.1. The fourth-order valence-electron chi connectivity index (χ4n) is 1.72. The van der Waals surface area contributed by atoms with Crippen molar-refractivity contribution in [2.24, 2.45) is 5.92 Å². The lowest BCUT2D eigenvalue weighted by Gasteiger charge is -2.32. The average Bonchev–Trinajstić information content (AvgIpc) is 2.26. The van der Waals surface area contributed by atoms with Crippen LogP contribution in [-0.4, -0.2) is 16.7 Å². The second kappa shape index (κ2) is 5.51. The highest BCUT2D eigenvalue weighted by Crippen LogP contribution is 2.35. The summed E-state index contributed by atoms with van der Waals surface area (Å²) in [7, 11) is 0. The van der Waals surface area contributed by atoms with Crippen LogP contribution in [-0.2, 0) is 15.1 Å². The second-order valence-electron chi connectivity index (χ2n) is 5.88. The summed E-state index contributed by atoms with van der Waals surface area (Å²) >= 11 is 6.08. The maximum absolute atomic E-state index is 12.1.